The third-order valence-corrected chi connectivity index (χ3v) is 3.03. The molecule has 4 nitrogen and oxygen atoms in total. The van der Waals surface area contributed by atoms with Gasteiger partial charge in [0.25, 0.3) is 0 Å². The van der Waals surface area contributed by atoms with Crippen LogP contribution in [0.15, 0.2) is 30.3 Å². The van der Waals surface area contributed by atoms with Gasteiger partial charge in [0.2, 0.25) is 0 Å². The van der Waals surface area contributed by atoms with Crippen LogP contribution in [0.4, 0.5) is 0 Å². The zero-order valence-electron chi connectivity index (χ0n) is 11.2. The van der Waals surface area contributed by atoms with Crippen molar-refractivity contribution in [3.05, 3.63) is 52.3 Å². The fourth-order valence-electron chi connectivity index (χ4n) is 1.82. The SMILES string of the molecule is CCc1nc(C)ccc1Oc1ccc(Cl)cc1C(=O)O. The molecule has 0 aliphatic carbocycles. The van der Waals surface area contributed by atoms with E-state index in [0.717, 1.165) is 11.4 Å². The van der Waals surface area contributed by atoms with Crippen LogP contribution in [-0.4, -0.2) is 16.1 Å². The minimum Gasteiger partial charge on any atom is -0.478 e. The van der Waals surface area contributed by atoms with Crippen molar-refractivity contribution in [2.24, 2.45) is 0 Å². The van der Waals surface area contributed by atoms with E-state index < -0.39 is 5.97 Å². The molecule has 1 aromatic carbocycles. The van der Waals surface area contributed by atoms with Gasteiger partial charge >= 0.3 is 5.97 Å². The Morgan fingerprint density at radius 3 is 2.65 bits per heavy atom. The summed E-state index contributed by atoms with van der Waals surface area (Å²) in [6.45, 7) is 3.86. The molecule has 1 N–H and O–H groups in total. The maximum absolute atomic E-state index is 11.2. The van der Waals surface area contributed by atoms with Gasteiger partial charge in [-0.3, -0.25) is 4.98 Å². The van der Waals surface area contributed by atoms with Crippen LogP contribution in [0.2, 0.25) is 5.02 Å². The van der Waals surface area contributed by atoms with Crippen LogP contribution in [0, 0.1) is 6.92 Å². The molecule has 0 saturated heterocycles. The highest BCUT2D eigenvalue weighted by atomic mass is 35.5. The third-order valence-electron chi connectivity index (χ3n) is 2.80. The van der Waals surface area contributed by atoms with Crippen molar-refractivity contribution in [2.45, 2.75) is 20.3 Å². The molecule has 0 atom stereocenters. The van der Waals surface area contributed by atoms with Crippen molar-refractivity contribution in [1.29, 1.82) is 0 Å². The molecule has 0 radical (unpaired) electrons. The Labute approximate surface area is 122 Å². The van der Waals surface area contributed by atoms with Gasteiger partial charge in [-0.05, 0) is 43.7 Å². The normalized spacial score (nSPS) is 10.3. The molecule has 0 amide bonds. The second kappa shape index (κ2) is 5.92. The van der Waals surface area contributed by atoms with Crippen LogP contribution in [0.5, 0.6) is 11.5 Å². The first kappa shape index (κ1) is 14.3. The summed E-state index contributed by atoms with van der Waals surface area (Å²) in [5.41, 5.74) is 1.71. The minimum atomic E-state index is -1.08. The number of aromatic carboxylic acids is 1. The number of nitrogens with zero attached hydrogens (tertiary/aromatic N) is 1. The number of benzene rings is 1. The molecule has 2 aromatic rings. The maximum atomic E-state index is 11.2. The molecule has 5 heteroatoms. The van der Waals surface area contributed by atoms with Gasteiger partial charge in [0, 0.05) is 10.7 Å². The van der Waals surface area contributed by atoms with Gasteiger partial charge < -0.3 is 9.84 Å². The Bertz CT molecular complexity index is 656. The number of hydrogen-bond donors (Lipinski definition) is 1. The molecular formula is C15H14ClNO3. The Morgan fingerprint density at radius 1 is 1.30 bits per heavy atom. The van der Waals surface area contributed by atoms with Crippen LogP contribution in [0.3, 0.4) is 0 Å². The van der Waals surface area contributed by atoms with Gasteiger partial charge in [-0.1, -0.05) is 18.5 Å². The second-order valence-electron chi connectivity index (χ2n) is 4.30. The molecule has 0 aliphatic heterocycles. The lowest BCUT2D eigenvalue weighted by molar-refractivity contribution is 0.0694. The lowest BCUT2D eigenvalue weighted by Gasteiger charge is -2.12. The summed E-state index contributed by atoms with van der Waals surface area (Å²) in [4.78, 5) is 15.6. The smallest absolute Gasteiger partial charge is 0.339 e. The first-order valence-electron chi connectivity index (χ1n) is 6.18. The van der Waals surface area contributed by atoms with E-state index >= 15 is 0 Å². The number of halogens is 1. The number of carbonyl (C=O) groups is 1. The molecule has 1 heterocycles. The van der Waals surface area contributed by atoms with Crippen LogP contribution < -0.4 is 4.74 Å². The zero-order chi connectivity index (χ0) is 14.7. The van der Waals surface area contributed by atoms with Crippen molar-refractivity contribution in [3.8, 4) is 11.5 Å². The zero-order valence-corrected chi connectivity index (χ0v) is 11.9. The Kier molecular flexibility index (Phi) is 4.25. The summed E-state index contributed by atoms with van der Waals surface area (Å²) in [7, 11) is 0. The Balaban J connectivity index is 2.42. The molecule has 1 aromatic heterocycles. The molecular weight excluding hydrogens is 278 g/mol. The van der Waals surface area contributed by atoms with Gasteiger partial charge in [0.05, 0.1) is 5.69 Å². The number of hydrogen-bond acceptors (Lipinski definition) is 3. The largest absolute Gasteiger partial charge is 0.478 e. The number of carboxylic acids is 1. The fraction of sp³-hybridized carbons (Fsp3) is 0.200. The van der Waals surface area contributed by atoms with E-state index in [1.807, 2.05) is 19.9 Å². The molecule has 0 fully saturated rings. The van der Waals surface area contributed by atoms with Crippen LogP contribution in [0.1, 0.15) is 28.7 Å². The summed E-state index contributed by atoms with van der Waals surface area (Å²) >= 11 is 5.81. The van der Waals surface area contributed by atoms with Crippen molar-refractivity contribution in [2.75, 3.05) is 0 Å². The summed E-state index contributed by atoms with van der Waals surface area (Å²) in [6.07, 6.45) is 0.701. The molecule has 0 bridgehead atoms. The highest BCUT2D eigenvalue weighted by Gasteiger charge is 2.14. The van der Waals surface area contributed by atoms with Crippen LogP contribution in [0.25, 0.3) is 0 Å². The monoisotopic (exact) mass is 291 g/mol. The predicted molar refractivity (Wildman–Crippen MR) is 76.8 cm³/mol. The lowest BCUT2D eigenvalue weighted by atomic mass is 10.2. The van der Waals surface area contributed by atoms with E-state index in [1.54, 1.807) is 18.2 Å². The second-order valence-corrected chi connectivity index (χ2v) is 4.74. The van der Waals surface area contributed by atoms with E-state index in [1.165, 1.54) is 6.07 Å². The van der Waals surface area contributed by atoms with E-state index in [0.29, 0.717) is 17.2 Å². The first-order chi connectivity index (χ1) is 9.51. The van der Waals surface area contributed by atoms with Gasteiger partial charge in [-0.25, -0.2) is 4.79 Å². The number of carboxylic acid groups (broad SMARTS) is 1. The number of pyridine rings is 1. The van der Waals surface area contributed by atoms with Crippen molar-refractivity contribution in [3.63, 3.8) is 0 Å². The molecule has 2 rings (SSSR count). The molecule has 0 spiro atoms. The summed E-state index contributed by atoms with van der Waals surface area (Å²) in [5, 5.41) is 9.54. The molecule has 104 valence electrons. The van der Waals surface area contributed by atoms with Gasteiger partial charge in [-0.15, -0.1) is 0 Å². The van der Waals surface area contributed by atoms with E-state index in [-0.39, 0.29) is 11.3 Å². The van der Waals surface area contributed by atoms with Gasteiger partial charge in [0.1, 0.15) is 17.1 Å². The van der Waals surface area contributed by atoms with Crippen LogP contribution >= 0.6 is 11.6 Å². The number of rotatable bonds is 4. The van der Waals surface area contributed by atoms with E-state index in [9.17, 15) is 9.90 Å². The van der Waals surface area contributed by atoms with Crippen molar-refractivity contribution >= 4 is 17.6 Å². The van der Waals surface area contributed by atoms with Gasteiger partial charge in [-0.2, -0.15) is 0 Å². The third kappa shape index (κ3) is 3.08. The molecule has 0 saturated carbocycles. The topological polar surface area (TPSA) is 59.4 Å². The summed E-state index contributed by atoms with van der Waals surface area (Å²) in [6, 6.07) is 8.13. The van der Waals surface area contributed by atoms with Gasteiger partial charge in [0.15, 0.2) is 0 Å². The highest BCUT2D eigenvalue weighted by Crippen LogP contribution is 2.29. The molecule has 0 aliphatic rings. The van der Waals surface area contributed by atoms with E-state index in [2.05, 4.69) is 4.98 Å². The highest BCUT2D eigenvalue weighted by molar-refractivity contribution is 6.31. The first-order valence-corrected chi connectivity index (χ1v) is 6.56. The Morgan fingerprint density at radius 2 is 2.00 bits per heavy atom. The molecule has 20 heavy (non-hydrogen) atoms. The predicted octanol–water partition coefficient (Wildman–Crippen LogP) is 4.10. The Hall–Kier alpha value is -2.07. The van der Waals surface area contributed by atoms with Crippen molar-refractivity contribution in [1.82, 2.24) is 4.98 Å². The number of aryl methyl sites for hydroxylation is 2. The summed E-state index contributed by atoms with van der Waals surface area (Å²) < 4.78 is 5.70. The average Bonchev–Trinajstić information content (AvgIpc) is 2.42. The van der Waals surface area contributed by atoms with Crippen LogP contribution in [-0.2, 0) is 6.42 Å². The minimum absolute atomic E-state index is 0.0279. The summed E-state index contributed by atoms with van der Waals surface area (Å²) in [5.74, 6) is -0.272. The number of ether oxygens (including phenoxy) is 1. The standard InChI is InChI=1S/C15H14ClNO3/c1-3-12-14(6-4-9(2)17-12)20-13-7-5-10(16)8-11(13)15(18)19/h4-8H,3H2,1-2H3,(H,18,19). The maximum Gasteiger partial charge on any atom is 0.339 e. The molecule has 0 unspecified atom stereocenters. The fourth-order valence-corrected chi connectivity index (χ4v) is 1.99. The lowest BCUT2D eigenvalue weighted by Crippen LogP contribution is -2.02. The average molecular weight is 292 g/mol. The van der Waals surface area contributed by atoms with Crippen molar-refractivity contribution < 1.29 is 14.6 Å². The number of aromatic nitrogens is 1. The quantitative estimate of drug-likeness (QED) is 0.921. The van der Waals surface area contributed by atoms with E-state index in [4.69, 9.17) is 16.3 Å².